The maximum Gasteiger partial charge on any atom is 0.0466 e. The van der Waals surface area contributed by atoms with Crippen molar-refractivity contribution in [2.75, 3.05) is 13.2 Å². The first kappa shape index (κ1) is 21.7. The van der Waals surface area contributed by atoms with E-state index in [1.807, 2.05) is 0 Å². The van der Waals surface area contributed by atoms with E-state index in [0.29, 0.717) is 5.41 Å². The number of hydrogen-bond acceptors (Lipinski definition) is 1. The molecule has 1 nitrogen and oxygen atoms in total. The van der Waals surface area contributed by atoms with Crippen LogP contribution in [0.25, 0.3) is 0 Å². The van der Waals surface area contributed by atoms with Crippen molar-refractivity contribution in [2.45, 2.75) is 111 Å². The topological polar surface area (TPSA) is 9.23 Å². The molecule has 0 unspecified atom stereocenters. The van der Waals surface area contributed by atoms with Gasteiger partial charge in [-0.1, -0.05) is 57.9 Å². The molecule has 0 aromatic rings. The summed E-state index contributed by atoms with van der Waals surface area (Å²) in [6.45, 7) is 12.8. The van der Waals surface area contributed by atoms with Crippen molar-refractivity contribution in [3.05, 3.63) is 12.2 Å². The van der Waals surface area contributed by atoms with Gasteiger partial charge in [0.2, 0.25) is 0 Å². The molecule has 0 heterocycles. The van der Waals surface area contributed by atoms with E-state index < -0.39 is 0 Å². The van der Waals surface area contributed by atoms with Gasteiger partial charge < -0.3 is 4.74 Å². The third-order valence-electron chi connectivity index (χ3n) is 5.64. The predicted octanol–water partition coefficient (Wildman–Crippen LogP) is 7.70. The van der Waals surface area contributed by atoms with Crippen LogP contribution in [0.15, 0.2) is 12.2 Å². The third-order valence-corrected chi connectivity index (χ3v) is 5.64. The molecule has 142 valence electrons. The smallest absolute Gasteiger partial charge is 0.0466 e. The monoisotopic (exact) mass is 336 g/mol. The molecule has 0 radical (unpaired) electrons. The van der Waals surface area contributed by atoms with E-state index >= 15 is 0 Å². The van der Waals surface area contributed by atoms with E-state index in [1.165, 1.54) is 95.5 Å². The highest BCUT2D eigenvalue weighted by Gasteiger charge is 2.31. The Bertz CT molecular complexity index is 312. The van der Waals surface area contributed by atoms with Crippen LogP contribution in [0.5, 0.6) is 0 Å². The minimum Gasteiger partial charge on any atom is -0.381 e. The Morgan fingerprint density at radius 1 is 0.917 bits per heavy atom. The second-order valence-corrected chi connectivity index (χ2v) is 8.85. The Balaban J connectivity index is 1.99. The van der Waals surface area contributed by atoms with Crippen LogP contribution in [-0.4, -0.2) is 13.2 Å². The molecule has 1 aliphatic carbocycles. The Morgan fingerprint density at radius 3 is 2.21 bits per heavy atom. The highest BCUT2D eigenvalue weighted by Crippen LogP contribution is 2.44. The van der Waals surface area contributed by atoms with Gasteiger partial charge in [-0.25, -0.2) is 0 Å². The van der Waals surface area contributed by atoms with Crippen molar-refractivity contribution in [2.24, 2.45) is 11.3 Å². The van der Waals surface area contributed by atoms with Gasteiger partial charge in [0.15, 0.2) is 0 Å². The molecule has 0 aromatic heterocycles. The fourth-order valence-electron chi connectivity index (χ4n) is 4.54. The molecule has 1 fully saturated rings. The van der Waals surface area contributed by atoms with Gasteiger partial charge in [-0.05, 0) is 69.6 Å². The predicted molar refractivity (Wildman–Crippen MR) is 108 cm³/mol. The Hall–Kier alpha value is -0.300. The van der Waals surface area contributed by atoms with Crippen LogP contribution >= 0.6 is 0 Å². The molecule has 0 aromatic carbocycles. The van der Waals surface area contributed by atoms with Gasteiger partial charge >= 0.3 is 0 Å². The molecular formula is C23H44O. The summed E-state index contributed by atoms with van der Waals surface area (Å²) in [5.74, 6) is 0.842. The molecule has 0 atom stereocenters. The van der Waals surface area contributed by atoms with Crippen molar-refractivity contribution in [1.29, 1.82) is 0 Å². The van der Waals surface area contributed by atoms with Gasteiger partial charge in [0, 0.05) is 13.2 Å². The summed E-state index contributed by atoms with van der Waals surface area (Å²) in [6, 6.07) is 0. The Labute approximate surface area is 152 Å². The molecule has 0 spiro atoms. The highest BCUT2D eigenvalue weighted by molar-refractivity contribution is 4.87. The quantitative estimate of drug-likeness (QED) is 0.233. The summed E-state index contributed by atoms with van der Waals surface area (Å²) in [4.78, 5) is 0. The minimum absolute atomic E-state index is 0.652. The van der Waals surface area contributed by atoms with Crippen LogP contribution < -0.4 is 0 Å². The first-order valence-electron chi connectivity index (χ1n) is 10.8. The first-order chi connectivity index (χ1) is 11.5. The standard InChI is InChI=1S/C23H44O/c1-21(2)14-9-6-5-7-12-18-24-19-13-17-23(20-22(3)4)15-10-8-11-16-23/h22H,1,5-20H2,2-4H3. The minimum atomic E-state index is 0.652. The lowest BCUT2D eigenvalue weighted by atomic mass is 9.67. The maximum absolute atomic E-state index is 5.91. The third kappa shape index (κ3) is 10.5. The van der Waals surface area contributed by atoms with Gasteiger partial charge in [-0.2, -0.15) is 0 Å². The van der Waals surface area contributed by atoms with Crippen molar-refractivity contribution in [3.8, 4) is 0 Å². The fraction of sp³-hybridized carbons (Fsp3) is 0.913. The molecule has 1 heteroatoms. The van der Waals surface area contributed by atoms with E-state index in [9.17, 15) is 0 Å². The van der Waals surface area contributed by atoms with Crippen molar-refractivity contribution in [3.63, 3.8) is 0 Å². The highest BCUT2D eigenvalue weighted by atomic mass is 16.5. The molecule has 0 bridgehead atoms. The molecule has 1 rings (SSSR count). The zero-order valence-electron chi connectivity index (χ0n) is 17.0. The first-order valence-corrected chi connectivity index (χ1v) is 10.8. The molecule has 24 heavy (non-hydrogen) atoms. The molecule has 1 saturated carbocycles. The zero-order valence-corrected chi connectivity index (χ0v) is 17.0. The number of allylic oxidation sites excluding steroid dienone is 1. The van der Waals surface area contributed by atoms with Gasteiger partial charge in [0.05, 0.1) is 0 Å². The summed E-state index contributed by atoms with van der Waals surface area (Å²) in [5, 5.41) is 0. The summed E-state index contributed by atoms with van der Waals surface area (Å²) in [6.07, 6.45) is 19.2. The summed E-state index contributed by atoms with van der Waals surface area (Å²) in [7, 11) is 0. The Kier molecular flexibility index (Phi) is 11.8. The number of ether oxygens (including phenoxy) is 1. The van der Waals surface area contributed by atoms with Crippen LogP contribution in [-0.2, 0) is 4.74 Å². The van der Waals surface area contributed by atoms with Crippen LogP contribution in [0.2, 0.25) is 0 Å². The van der Waals surface area contributed by atoms with E-state index in [0.717, 1.165) is 19.1 Å². The average molecular weight is 337 g/mol. The van der Waals surface area contributed by atoms with Crippen molar-refractivity contribution in [1.82, 2.24) is 0 Å². The lowest BCUT2D eigenvalue weighted by Crippen LogP contribution is -2.26. The lowest BCUT2D eigenvalue weighted by molar-refractivity contribution is 0.0887. The second kappa shape index (κ2) is 13.0. The van der Waals surface area contributed by atoms with Crippen LogP contribution in [0, 0.1) is 11.3 Å². The van der Waals surface area contributed by atoms with Gasteiger partial charge in [-0.3, -0.25) is 0 Å². The van der Waals surface area contributed by atoms with E-state index in [1.54, 1.807) is 0 Å². The van der Waals surface area contributed by atoms with E-state index in [-0.39, 0.29) is 0 Å². The maximum atomic E-state index is 5.91. The largest absolute Gasteiger partial charge is 0.381 e. The lowest BCUT2D eigenvalue weighted by Gasteiger charge is -2.39. The van der Waals surface area contributed by atoms with Gasteiger partial charge in [0.1, 0.15) is 0 Å². The summed E-state index contributed by atoms with van der Waals surface area (Å²) < 4.78 is 5.91. The normalized spacial score (nSPS) is 17.3. The number of rotatable bonds is 14. The van der Waals surface area contributed by atoms with E-state index in [4.69, 9.17) is 4.74 Å². The van der Waals surface area contributed by atoms with Crippen molar-refractivity contribution < 1.29 is 4.74 Å². The zero-order chi connectivity index (χ0) is 17.7. The molecule has 0 aliphatic heterocycles. The number of hydrogen-bond donors (Lipinski definition) is 0. The SMILES string of the molecule is C=C(C)CCCCCCCOCCCC1(CC(C)C)CCCCC1. The summed E-state index contributed by atoms with van der Waals surface area (Å²) >= 11 is 0. The molecule has 1 aliphatic rings. The average Bonchev–Trinajstić information content (AvgIpc) is 2.52. The van der Waals surface area contributed by atoms with E-state index in [2.05, 4.69) is 27.4 Å². The molecular weight excluding hydrogens is 292 g/mol. The van der Waals surface area contributed by atoms with Crippen LogP contribution in [0.1, 0.15) is 111 Å². The molecule has 0 amide bonds. The summed E-state index contributed by atoms with van der Waals surface area (Å²) in [5.41, 5.74) is 1.98. The van der Waals surface area contributed by atoms with Gasteiger partial charge in [0.25, 0.3) is 0 Å². The van der Waals surface area contributed by atoms with Crippen LogP contribution in [0.4, 0.5) is 0 Å². The Morgan fingerprint density at radius 2 is 1.54 bits per heavy atom. The second-order valence-electron chi connectivity index (χ2n) is 8.85. The fourth-order valence-corrected chi connectivity index (χ4v) is 4.54. The van der Waals surface area contributed by atoms with Crippen LogP contribution in [0.3, 0.4) is 0 Å². The van der Waals surface area contributed by atoms with Gasteiger partial charge in [-0.15, -0.1) is 6.58 Å². The molecule has 0 saturated heterocycles. The molecule has 0 N–H and O–H groups in total. The number of unbranched alkanes of at least 4 members (excludes halogenated alkanes) is 4. The van der Waals surface area contributed by atoms with Crippen molar-refractivity contribution >= 4 is 0 Å².